The zero-order chi connectivity index (χ0) is 12.1. The average molecular weight is 240 g/mol. The van der Waals surface area contributed by atoms with Crippen LogP contribution < -0.4 is 5.32 Å². The van der Waals surface area contributed by atoms with Gasteiger partial charge in [0.05, 0.1) is 0 Å². The number of nitrogens with one attached hydrogen (secondary N) is 1. The van der Waals surface area contributed by atoms with Crippen molar-refractivity contribution in [1.82, 2.24) is 10.2 Å². The van der Waals surface area contributed by atoms with Crippen molar-refractivity contribution in [3.63, 3.8) is 0 Å². The van der Waals surface area contributed by atoms with Crippen molar-refractivity contribution in [2.24, 2.45) is 0 Å². The third-order valence-electron chi connectivity index (χ3n) is 4.38. The minimum Gasteiger partial charge on any atom is -0.396 e. The number of nitrogens with zero attached hydrogens (tertiary/aromatic N) is 1. The van der Waals surface area contributed by atoms with E-state index in [0.29, 0.717) is 18.7 Å². The molecule has 2 N–H and O–H groups in total. The first kappa shape index (κ1) is 13.3. The summed E-state index contributed by atoms with van der Waals surface area (Å²) in [7, 11) is 0. The van der Waals surface area contributed by atoms with Crippen LogP contribution in [0.3, 0.4) is 0 Å². The van der Waals surface area contributed by atoms with E-state index < -0.39 is 0 Å². The second-order valence-corrected chi connectivity index (χ2v) is 5.85. The van der Waals surface area contributed by atoms with E-state index in [-0.39, 0.29) is 0 Å². The predicted octanol–water partition coefficient (Wildman–Crippen LogP) is 1.75. The van der Waals surface area contributed by atoms with E-state index in [1.807, 2.05) is 0 Å². The maximum Gasteiger partial charge on any atom is 0.0431 e. The Balaban J connectivity index is 1.66. The van der Waals surface area contributed by atoms with Crippen LogP contribution >= 0.6 is 0 Å². The van der Waals surface area contributed by atoms with Gasteiger partial charge in [0.1, 0.15) is 0 Å². The highest BCUT2D eigenvalue weighted by Gasteiger charge is 2.30. The Morgan fingerprint density at radius 2 is 2.06 bits per heavy atom. The zero-order valence-corrected chi connectivity index (χ0v) is 11.2. The molecular weight excluding hydrogens is 212 g/mol. The monoisotopic (exact) mass is 240 g/mol. The molecule has 17 heavy (non-hydrogen) atoms. The van der Waals surface area contributed by atoms with E-state index in [9.17, 15) is 0 Å². The van der Waals surface area contributed by atoms with Crippen LogP contribution in [-0.4, -0.2) is 47.8 Å². The fourth-order valence-corrected chi connectivity index (χ4v) is 3.41. The molecule has 2 rings (SSSR count). The number of rotatable bonds is 6. The van der Waals surface area contributed by atoms with Crippen LogP contribution in [0.5, 0.6) is 0 Å². The lowest BCUT2D eigenvalue weighted by Gasteiger charge is -2.24. The Morgan fingerprint density at radius 3 is 2.76 bits per heavy atom. The highest BCUT2D eigenvalue weighted by molar-refractivity contribution is 4.88. The largest absolute Gasteiger partial charge is 0.396 e. The summed E-state index contributed by atoms with van der Waals surface area (Å²) in [5.74, 6) is 0. The molecule has 3 nitrogen and oxygen atoms in total. The molecule has 1 saturated heterocycles. The standard InChI is InChI=1S/C14H28N2O/c1-12(5-4-10-17)15-13-8-9-16(11-13)14-6-2-3-7-14/h12-15,17H,2-11H2,1H3/t12-,13-/m0/s1. The molecule has 0 aromatic rings. The van der Waals surface area contributed by atoms with Crippen molar-refractivity contribution >= 4 is 0 Å². The average Bonchev–Trinajstić information content (AvgIpc) is 2.95. The molecule has 0 unspecified atom stereocenters. The highest BCUT2D eigenvalue weighted by Crippen LogP contribution is 2.26. The lowest BCUT2D eigenvalue weighted by Crippen LogP contribution is -2.40. The van der Waals surface area contributed by atoms with Gasteiger partial charge in [0.2, 0.25) is 0 Å². The summed E-state index contributed by atoms with van der Waals surface area (Å²) < 4.78 is 0. The summed E-state index contributed by atoms with van der Waals surface area (Å²) in [6, 6.07) is 2.12. The summed E-state index contributed by atoms with van der Waals surface area (Å²) in [5.41, 5.74) is 0. The van der Waals surface area contributed by atoms with Crippen molar-refractivity contribution in [3.8, 4) is 0 Å². The first-order valence-electron chi connectivity index (χ1n) is 7.40. The van der Waals surface area contributed by atoms with E-state index in [2.05, 4.69) is 17.1 Å². The minimum atomic E-state index is 0.324. The molecule has 1 saturated carbocycles. The van der Waals surface area contributed by atoms with Crippen LogP contribution in [0.4, 0.5) is 0 Å². The molecule has 2 aliphatic rings. The highest BCUT2D eigenvalue weighted by atomic mass is 16.2. The molecule has 3 heteroatoms. The first-order valence-corrected chi connectivity index (χ1v) is 7.40. The number of likely N-dealkylation sites (tertiary alicyclic amines) is 1. The third kappa shape index (κ3) is 3.94. The summed E-state index contributed by atoms with van der Waals surface area (Å²) in [5, 5.41) is 12.5. The van der Waals surface area contributed by atoms with Crippen LogP contribution in [0.2, 0.25) is 0 Å². The van der Waals surface area contributed by atoms with E-state index >= 15 is 0 Å². The molecule has 0 spiro atoms. The van der Waals surface area contributed by atoms with Crippen molar-refractivity contribution in [2.45, 2.75) is 70.0 Å². The summed E-state index contributed by atoms with van der Waals surface area (Å²) in [4.78, 5) is 2.70. The normalized spacial score (nSPS) is 28.9. The molecule has 0 aromatic heterocycles. The Hall–Kier alpha value is -0.120. The summed E-state index contributed by atoms with van der Waals surface area (Å²) >= 11 is 0. The molecule has 1 aliphatic heterocycles. The molecule has 2 fully saturated rings. The molecule has 0 radical (unpaired) electrons. The number of hydrogen-bond donors (Lipinski definition) is 2. The smallest absolute Gasteiger partial charge is 0.0431 e. The molecule has 2 atom stereocenters. The summed E-state index contributed by atoms with van der Waals surface area (Å²) in [6.07, 6.45) is 9.04. The van der Waals surface area contributed by atoms with Crippen molar-refractivity contribution in [3.05, 3.63) is 0 Å². The first-order chi connectivity index (χ1) is 8.29. The van der Waals surface area contributed by atoms with Gasteiger partial charge in [-0.2, -0.15) is 0 Å². The van der Waals surface area contributed by atoms with Gasteiger partial charge in [0, 0.05) is 37.8 Å². The Morgan fingerprint density at radius 1 is 1.29 bits per heavy atom. The molecule has 0 aromatic carbocycles. The van der Waals surface area contributed by atoms with Crippen LogP contribution in [0.25, 0.3) is 0 Å². The molecule has 0 amide bonds. The topological polar surface area (TPSA) is 35.5 Å². The van der Waals surface area contributed by atoms with Crippen molar-refractivity contribution in [2.75, 3.05) is 19.7 Å². The fraction of sp³-hybridized carbons (Fsp3) is 1.00. The Kier molecular flexibility index (Phi) is 5.26. The molecule has 0 bridgehead atoms. The van der Waals surface area contributed by atoms with Crippen molar-refractivity contribution in [1.29, 1.82) is 0 Å². The number of aliphatic hydroxyl groups is 1. The van der Waals surface area contributed by atoms with Gasteiger partial charge >= 0.3 is 0 Å². The van der Waals surface area contributed by atoms with E-state index in [0.717, 1.165) is 18.9 Å². The van der Waals surface area contributed by atoms with Crippen LogP contribution in [-0.2, 0) is 0 Å². The molecule has 1 aliphatic carbocycles. The predicted molar refractivity (Wildman–Crippen MR) is 71.2 cm³/mol. The Bertz CT molecular complexity index is 216. The number of hydrogen-bond acceptors (Lipinski definition) is 3. The van der Waals surface area contributed by atoms with Gasteiger partial charge in [-0.1, -0.05) is 12.8 Å². The molecule has 1 heterocycles. The summed E-state index contributed by atoms with van der Waals surface area (Å²) in [6.45, 7) is 5.10. The second kappa shape index (κ2) is 6.72. The van der Waals surface area contributed by atoms with Gasteiger partial charge in [-0.3, -0.25) is 4.90 Å². The quantitative estimate of drug-likeness (QED) is 0.742. The van der Waals surface area contributed by atoms with Crippen LogP contribution in [0.1, 0.15) is 51.9 Å². The van der Waals surface area contributed by atoms with E-state index in [1.165, 1.54) is 45.2 Å². The van der Waals surface area contributed by atoms with Gasteiger partial charge < -0.3 is 10.4 Å². The SMILES string of the molecule is C[C@@H](CCCO)N[C@H]1CCN(C2CCCC2)C1. The van der Waals surface area contributed by atoms with Gasteiger partial charge in [-0.15, -0.1) is 0 Å². The van der Waals surface area contributed by atoms with E-state index in [1.54, 1.807) is 0 Å². The minimum absolute atomic E-state index is 0.324. The maximum absolute atomic E-state index is 8.83. The van der Waals surface area contributed by atoms with Gasteiger partial charge in [-0.25, -0.2) is 0 Å². The van der Waals surface area contributed by atoms with Gasteiger partial charge in [0.15, 0.2) is 0 Å². The molecule has 100 valence electrons. The van der Waals surface area contributed by atoms with Crippen LogP contribution in [0.15, 0.2) is 0 Å². The second-order valence-electron chi connectivity index (χ2n) is 5.85. The number of aliphatic hydroxyl groups excluding tert-OH is 1. The van der Waals surface area contributed by atoms with Gasteiger partial charge in [0.25, 0.3) is 0 Å². The van der Waals surface area contributed by atoms with Crippen LogP contribution in [0, 0.1) is 0 Å². The fourth-order valence-electron chi connectivity index (χ4n) is 3.41. The molecular formula is C14H28N2O. The lowest BCUT2D eigenvalue weighted by molar-refractivity contribution is 0.236. The van der Waals surface area contributed by atoms with E-state index in [4.69, 9.17) is 5.11 Å². The van der Waals surface area contributed by atoms with Crippen molar-refractivity contribution < 1.29 is 5.11 Å². The third-order valence-corrected chi connectivity index (χ3v) is 4.38. The lowest BCUT2D eigenvalue weighted by atomic mass is 10.1. The van der Waals surface area contributed by atoms with Gasteiger partial charge in [-0.05, 0) is 39.0 Å². The Labute approximate surface area is 106 Å². The zero-order valence-electron chi connectivity index (χ0n) is 11.2. The maximum atomic E-state index is 8.83.